The third-order valence-electron chi connectivity index (χ3n) is 4.42. The molecule has 1 atom stereocenters. The molecule has 1 aliphatic rings. The van der Waals surface area contributed by atoms with Gasteiger partial charge in [0.1, 0.15) is 0 Å². The highest BCUT2D eigenvalue weighted by molar-refractivity contribution is 5.95. The van der Waals surface area contributed by atoms with Gasteiger partial charge in [-0.25, -0.2) is 5.43 Å². The van der Waals surface area contributed by atoms with Crippen LogP contribution in [0.5, 0.6) is 28.7 Å². The molecule has 0 saturated heterocycles. The van der Waals surface area contributed by atoms with E-state index >= 15 is 0 Å². The van der Waals surface area contributed by atoms with Crippen LogP contribution >= 0.6 is 0 Å². The summed E-state index contributed by atoms with van der Waals surface area (Å²) in [4.78, 5) is 12.4. The van der Waals surface area contributed by atoms with Gasteiger partial charge in [-0.3, -0.25) is 4.79 Å². The molecular formula is C21H24N2O6. The third-order valence-corrected chi connectivity index (χ3v) is 4.42. The lowest BCUT2D eigenvalue weighted by Gasteiger charge is -2.13. The maximum Gasteiger partial charge on any atom is 0.271 e. The van der Waals surface area contributed by atoms with Gasteiger partial charge in [0.05, 0.1) is 21.3 Å². The number of nitrogens with zero attached hydrogens (tertiary/aromatic N) is 1. The van der Waals surface area contributed by atoms with Gasteiger partial charge < -0.3 is 23.7 Å². The van der Waals surface area contributed by atoms with Crippen molar-refractivity contribution >= 4 is 12.1 Å². The quantitative estimate of drug-likeness (QED) is 0.541. The molecule has 8 heteroatoms. The Kier molecular flexibility index (Phi) is 6.43. The molecule has 0 radical (unpaired) electrons. The first-order valence-electron chi connectivity index (χ1n) is 9.07. The largest absolute Gasteiger partial charge is 0.493 e. The molecule has 0 bridgehead atoms. The van der Waals surface area contributed by atoms with Crippen LogP contribution in [-0.2, 0) is 6.42 Å². The molecule has 2 aromatic carbocycles. The minimum Gasteiger partial charge on any atom is -0.493 e. The Morgan fingerprint density at radius 3 is 2.45 bits per heavy atom. The monoisotopic (exact) mass is 400 g/mol. The number of amides is 1. The lowest BCUT2D eigenvalue weighted by molar-refractivity contribution is 0.0954. The molecule has 1 N–H and O–H groups in total. The number of ether oxygens (including phenoxy) is 5. The number of fused-ring (bicyclic) bond motifs is 1. The van der Waals surface area contributed by atoms with Gasteiger partial charge in [0.25, 0.3) is 5.91 Å². The summed E-state index contributed by atoms with van der Waals surface area (Å²) in [6.07, 6.45) is 2.45. The molecule has 1 unspecified atom stereocenters. The Bertz CT molecular complexity index is 887. The van der Waals surface area contributed by atoms with Gasteiger partial charge in [-0.2, -0.15) is 5.10 Å². The predicted molar refractivity (Wildman–Crippen MR) is 107 cm³/mol. The van der Waals surface area contributed by atoms with Crippen LogP contribution in [0.25, 0.3) is 0 Å². The van der Waals surface area contributed by atoms with Crippen molar-refractivity contribution in [3.8, 4) is 28.7 Å². The average Bonchev–Trinajstić information content (AvgIpc) is 3.20. The SMILES string of the molecule is COc1cc(C(=O)NN=CC(C)Cc2ccc3c(c2)OCO3)cc(OC)c1OC. The van der Waals surface area contributed by atoms with Gasteiger partial charge in [-0.15, -0.1) is 0 Å². The van der Waals surface area contributed by atoms with E-state index in [1.54, 1.807) is 18.3 Å². The summed E-state index contributed by atoms with van der Waals surface area (Å²) in [6, 6.07) is 8.99. The number of benzene rings is 2. The van der Waals surface area contributed by atoms with E-state index in [9.17, 15) is 4.79 Å². The minimum absolute atomic E-state index is 0.107. The van der Waals surface area contributed by atoms with Crippen molar-refractivity contribution in [3.05, 3.63) is 41.5 Å². The number of hydrogen-bond donors (Lipinski definition) is 1. The van der Waals surface area contributed by atoms with E-state index in [1.165, 1.54) is 21.3 Å². The fourth-order valence-corrected chi connectivity index (χ4v) is 2.99. The van der Waals surface area contributed by atoms with E-state index in [2.05, 4.69) is 10.5 Å². The standard InChI is InChI=1S/C21H24N2O6/c1-13(7-14-5-6-16-17(8-14)29-12-28-16)11-22-23-21(24)15-9-18(25-2)20(27-4)19(10-15)26-3/h5-6,8-11,13H,7,12H2,1-4H3,(H,23,24). The number of rotatable bonds is 8. The maximum atomic E-state index is 12.4. The molecule has 0 fully saturated rings. The van der Waals surface area contributed by atoms with Crippen LogP contribution in [0.3, 0.4) is 0 Å². The highest BCUT2D eigenvalue weighted by Gasteiger charge is 2.17. The fraction of sp³-hybridized carbons (Fsp3) is 0.333. The molecule has 8 nitrogen and oxygen atoms in total. The van der Waals surface area contributed by atoms with Crippen LogP contribution in [-0.4, -0.2) is 40.2 Å². The van der Waals surface area contributed by atoms with Gasteiger partial charge in [-0.1, -0.05) is 13.0 Å². The zero-order valence-corrected chi connectivity index (χ0v) is 16.9. The van der Waals surface area contributed by atoms with Gasteiger partial charge in [0.2, 0.25) is 12.5 Å². The number of carbonyl (C=O) groups excluding carboxylic acids is 1. The van der Waals surface area contributed by atoms with Crippen molar-refractivity contribution in [1.82, 2.24) is 5.43 Å². The van der Waals surface area contributed by atoms with Gasteiger partial charge >= 0.3 is 0 Å². The molecule has 29 heavy (non-hydrogen) atoms. The average molecular weight is 400 g/mol. The number of carbonyl (C=O) groups is 1. The minimum atomic E-state index is -0.379. The van der Waals surface area contributed by atoms with Crippen LogP contribution in [0.4, 0.5) is 0 Å². The lowest BCUT2D eigenvalue weighted by Crippen LogP contribution is -2.19. The summed E-state index contributed by atoms with van der Waals surface area (Å²) < 4.78 is 26.5. The topological polar surface area (TPSA) is 87.6 Å². The smallest absolute Gasteiger partial charge is 0.271 e. The van der Waals surface area contributed by atoms with E-state index in [1.807, 2.05) is 25.1 Å². The molecule has 0 saturated carbocycles. The van der Waals surface area contributed by atoms with Crippen LogP contribution in [0.2, 0.25) is 0 Å². The van der Waals surface area contributed by atoms with Gasteiger partial charge in [-0.05, 0) is 42.2 Å². The van der Waals surface area contributed by atoms with Crippen LogP contribution in [0.15, 0.2) is 35.4 Å². The third kappa shape index (κ3) is 4.71. The Morgan fingerprint density at radius 2 is 1.79 bits per heavy atom. The Hall–Kier alpha value is -3.42. The maximum absolute atomic E-state index is 12.4. The van der Waals surface area contributed by atoms with Crippen molar-refractivity contribution in [2.24, 2.45) is 11.0 Å². The van der Waals surface area contributed by atoms with Crippen molar-refractivity contribution in [2.45, 2.75) is 13.3 Å². The number of hydrazone groups is 1. The molecule has 154 valence electrons. The highest BCUT2D eigenvalue weighted by Crippen LogP contribution is 2.38. The zero-order chi connectivity index (χ0) is 20.8. The number of hydrogen-bond acceptors (Lipinski definition) is 7. The summed E-state index contributed by atoms with van der Waals surface area (Å²) in [5.41, 5.74) is 3.98. The molecule has 1 aliphatic heterocycles. The van der Waals surface area contributed by atoms with E-state index in [4.69, 9.17) is 23.7 Å². The molecule has 1 amide bonds. The summed E-state index contributed by atoms with van der Waals surface area (Å²) in [5.74, 6) is 2.46. The van der Waals surface area contributed by atoms with E-state index < -0.39 is 0 Å². The molecule has 0 aliphatic carbocycles. The molecule has 2 aromatic rings. The predicted octanol–water partition coefficient (Wildman–Crippen LogP) is 3.04. The second-order valence-electron chi connectivity index (χ2n) is 6.50. The van der Waals surface area contributed by atoms with Gasteiger partial charge in [0.15, 0.2) is 23.0 Å². The first kappa shape index (κ1) is 20.3. The molecule has 0 spiro atoms. The van der Waals surface area contributed by atoms with E-state index in [-0.39, 0.29) is 18.6 Å². The van der Waals surface area contributed by atoms with Crippen molar-refractivity contribution in [1.29, 1.82) is 0 Å². The van der Waals surface area contributed by atoms with Crippen molar-refractivity contribution in [2.75, 3.05) is 28.1 Å². The normalized spacial score (nSPS) is 13.2. The summed E-state index contributed by atoms with van der Waals surface area (Å²) >= 11 is 0. The highest BCUT2D eigenvalue weighted by atomic mass is 16.7. The summed E-state index contributed by atoms with van der Waals surface area (Å²) in [5, 5.41) is 4.08. The van der Waals surface area contributed by atoms with E-state index in [0.29, 0.717) is 22.8 Å². The van der Waals surface area contributed by atoms with Crippen molar-refractivity contribution in [3.63, 3.8) is 0 Å². The first-order chi connectivity index (χ1) is 14.0. The second-order valence-corrected chi connectivity index (χ2v) is 6.50. The Balaban J connectivity index is 1.61. The number of nitrogens with one attached hydrogen (secondary N) is 1. The van der Waals surface area contributed by atoms with Crippen molar-refractivity contribution < 1.29 is 28.5 Å². The first-order valence-corrected chi connectivity index (χ1v) is 9.07. The molecular weight excluding hydrogens is 376 g/mol. The van der Waals surface area contributed by atoms with Gasteiger partial charge in [0, 0.05) is 11.8 Å². The molecule has 3 rings (SSSR count). The summed E-state index contributed by atoms with van der Waals surface area (Å²) in [6.45, 7) is 2.27. The molecule has 0 aromatic heterocycles. The Morgan fingerprint density at radius 1 is 1.10 bits per heavy atom. The van der Waals surface area contributed by atoms with Crippen LogP contribution < -0.4 is 29.1 Å². The van der Waals surface area contributed by atoms with E-state index in [0.717, 1.165) is 23.5 Å². The Labute approximate surface area is 169 Å². The van der Waals surface area contributed by atoms with Crippen LogP contribution in [0.1, 0.15) is 22.8 Å². The fourth-order valence-electron chi connectivity index (χ4n) is 2.99. The second kappa shape index (κ2) is 9.18. The van der Waals surface area contributed by atoms with Crippen LogP contribution in [0, 0.1) is 5.92 Å². The lowest BCUT2D eigenvalue weighted by atomic mass is 10.0. The summed E-state index contributed by atoms with van der Waals surface area (Å²) in [7, 11) is 4.50. The zero-order valence-electron chi connectivity index (χ0n) is 16.9. The molecule has 1 heterocycles. The number of methoxy groups -OCH3 is 3.